The first-order chi connectivity index (χ1) is 8.31. The number of hydrazine groups is 1. The van der Waals surface area contributed by atoms with Gasteiger partial charge in [-0.15, -0.1) is 11.8 Å². The Morgan fingerprint density at radius 2 is 2.35 bits per heavy atom. The molecule has 90 valence electrons. The average Bonchev–Trinajstić information content (AvgIpc) is 2.83. The summed E-state index contributed by atoms with van der Waals surface area (Å²) < 4.78 is 0. The van der Waals surface area contributed by atoms with Crippen LogP contribution in [-0.4, -0.2) is 31.6 Å². The Bertz CT molecular complexity index is 513. The van der Waals surface area contributed by atoms with Crippen LogP contribution in [0.4, 0.5) is 0 Å². The van der Waals surface area contributed by atoms with Crippen molar-refractivity contribution in [3.63, 3.8) is 0 Å². The first-order valence-electron chi connectivity index (χ1n) is 5.07. The number of hydrogen-bond donors (Lipinski definition) is 3. The van der Waals surface area contributed by atoms with Gasteiger partial charge in [0.05, 0.1) is 6.33 Å². The number of nitrogens with two attached hydrogens (primary N) is 1. The van der Waals surface area contributed by atoms with Gasteiger partial charge in [0.25, 0.3) is 0 Å². The number of hydrogen-bond acceptors (Lipinski definition) is 6. The molecule has 2 aromatic rings. The number of aromatic amines is 1. The fraction of sp³-hybridized carbons (Fsp3) is 0.333. The number of aromatic nitrogens is 4. The minimum absolute atomic E-state index is 0.153. The van der Waals surface area contributed by atoms with Gasteiger partial charge in [0.2, 0.25) is 5.91 Å². The molecule has 2 heterocycles. The van der Waals surface area contributed by atoms with Crippen LogP contribution in [0.3, 0.4) is 0 Å². The lowest BCUT2D eigenvalue weighted by molar-refractivity contribution is -0.121. The Labute approximate surface area is 102 Å². The van der Waals surface area contributed by atoms with E-state index in [4.69, 9.17) is 5.84 Å². The molecule has 0 saturated carbocycles. The third-order valence-electron chi connectivity index (χ3n) is 2.14. The first kappa shape index (κ1) is 11.8. The number of nitrogens with zero attached hydrogens (tertiary/aromatic N) is 3. The Morgan fingerprint density at radius 3 is 3.18 bits per heavy atom. The maximum absolute atomic E-state index is 10.9. The molecule has 0 aliphatic carbocycles. The van der Waals surface area contributed by atoms with E-state index in [0.717, 1.165) is 22.7 Å². The van der Waals surface area contributed by atoms with Crippen molar-refractivity contribution in [1.29, 1.82) is 0 Å². The van der Waals surface area contributed by atoms with Gasteiger partial charge in [-0.2, -0.15) is 0 Å². The number of rotatable bonds is 5. The van der Waals surface area contributed by atoms with Crippen LogP contribution in [-0.2, 0) is 4.79 Å². The summed E-state index contributed by atoms with van der Waals surface area (Å²) in [5.41, 5.74) is 3.59. The Kier molecular flexibility index (Phi) is 3.89. The van der Waals surface area contributed by atoms with E-state index in [1.54, 1.807) is 18.1 Å². The van der Waals surface area contributed by atoms with E-state index in [9.17, 15) is 4.79 Å². The molecule has 0 bridgehead atoms. The molecular weight excluding hydrogens is 240 g/mol. The van der Waals surface area contributed by atoms with Crippen LogP contribution in [0.15, 0.2) is 17.7 Å². The highest BCUT2D eigenvalue weighted by Crippen LogP contribution is 2.22. The number of amides is 1. The Morgan fingerprint density at radius 1 is 1.47 bits per heavy atom. The van der Waals surface area contributed by atoms with Gasteiger partial charge in [-0.05, 0) is 6.42 Å². The maximum atomic E-state index is 10.9. The SMILES string of the molecule is NNC(=O)CCCSc1ncnc2nc[nH]c12. The second-order valence-corrected chi connectivity index (χ2v) is 4.38. The molecule has 17 heavy (non-hydrogen) atoms. The van der Waals surface area contributed by atoms with Crippen LogP contribution in [0.5, 0.6) is 0 Å². The van der Waals surface area contributed by atoms with Crippen LogP contribution in [0.1, 0.15) is 12.8 Å². The van der Waals surface area contributed by atoms with E-state index in [2.05, 4.69) is 25.4 Å². The van der Waals surface area contributed by atoms with Crippen molar-refractivity contribution in [2.75, 3.05) is 5.75 Å². The summed E-state index contributed by atoms with van der Waals surface area (Å²) in [6.45, 7) is 0. The predicted octanol–water partition coefficient (Wildman–Crippen LogP) is 0.215. The Hall–Kier alpha value is -1.67. The van der Waals surface area contributed by atoms with Gasteiger partial charge < -0.3 is 4.98 Å². The second kappa shape index (κ2) is 5.60. The molecule has 2 aromatic heterocycles. The monoisotopic (exact) mass is 252 g/mol. The zero-order chi connectivity index (χ0) is 12.1. The minimum atomic E-state index is -0.153. The lowest BCUT2D eigenvalue weighted by Gasteiger charge is -2.01. The van der Waals surface area contributed by atoms with Gasteiger partial charge in [0.15, 0.2) is 5.65 Å². The lowest BCUT2D eigenvalue weighted by atomic mass is 10.3. The average molecular weight is 252 g/mol. The fourth-order valence-corrected chi connectivity index (χ4v) is 2.22. The minimum Gasteiger partial charge on any atom is -0.341 e. The van der Waals surface area contributed by atoms with Crippen LogP contribution >= 0.6 is 11.8 Å². The fourth-order valence-electron chi connectivity index (χ4n) is 1.33. The van der Waals surface area contributed by atoms with Crippen molar-refractivity contribution in [3.8, 4) is 0 Å². The number of H-pyrrole nitrogens is 1. The van der Waals surface area contributed by atoms with E-state index in [1.165, 1.54) is 6.33 Å². The number of fused-ring (bicyclic) bond motifs is 1. The molecule has 0 unspecified atom stereocenters. The quantitative estimate of drug-likeness (QED) is 0.175. The van der Waals surface area contributed by atoms with E-state index in [1.807, 2.05) is 0 Å². The smallest absolute Gasteiger partial charge is 0.233 e. The molecule has 2 rings (SSSR count). The molecule has 8 heteroatoms. The number of thioether (sulfide) groups is 1. The highest BCUT2D eigenvalue weighted by molar-refractivity contribution is 7.99. The third-order valence-corrected chi connectivity index (χ3v) is 3.21. The van der Waals surface area contributed by atoms with Crippen LogP contribution in [0.2, 0.25) is 0 Å². The standard InChI is InChI=1S/C9H12N6OS/c10-15-6(16)2-1-3-17-9-7-8(12-4-11-7)13-5-14-9/h4-5H,1-3,10H2,(H,15,16)(H,11,12,13,14). The molecular formula is C9H12N6OS. The molecule has 0 saturated heterocycles. The molecule has 0 aliphatic rings. The summed E-state index contributed by atoms with van der Waals surface area (Å²) in [7, 11) is 0. The van der Waals surface area contributed by atoms with Gasteiger partial charge in [-0.25, -0.2) is 20.8 Å². The summed E-state index contributed by atoms with van der Waals surface area (Å²) in [5, 5.41) is 0.848. The van der Waals surface area contributed by atoms with Gasteiger partial charge in [-0.1, -0.05) is 0 Å². The van der Waals surface area contributed by atoms with Gasteiger partial charge in [0.1, 0.15) is 16.9 Å². The summed E-state index contributed by atoms with van der Waals surface area (Å²) in [6, 6.07) is 0. The Balaban J connectivity index is 1.91. The van der Waals surface area contributed by atoms with Gasteiger partial charge in [0, 0.05) is 12.2 Å². The second-order valence-electron chi connectivity index (χ2n) is 3.30. The summed E-state index contributed by atoms with van der Waals surface area (Å²) >= 11 is 1.56. The lowest BCUT2D eigenvalue weighted by Crippen LogP contribution is -2.29. The molecule has 0 spiro atoms. The molecule has 0 radical (unpaired) electrons. The van der Waals surface area contributed by atoms with Crippen molar-refractivity contribution in [2.24, 2.45) is 5.84 Å². The van der Waals surface area contributed by atoms with E-state index >= 15 is 0 Å². The maximum Gasteiger partial charge on any atom is 0.233 e. The molecule has 0 fully saturated rings. The number of carbonyl (C=O) groups is 1. The normalized spacial score (nSPS) is 10.6. The highest BCUT2D eigenvalue weighted by atomic mass is 32.2. The molecule has 1 amide bonds. The number of carbonyl (C=O) groups excluding carboxylic acids is 1. The first-order valence-corrected chi connectivity index (χ1v) is 6.06. The number of nitrogens with one attached hydrogen (secondary N) is 2. The van der Waals surface area contributed by atoms with Crippen molar-refractivity contribution in [2.45, 2.75) is 17.9 Å². The predicted molar refractivity (Wildman–Crippen MR) is 64.0 cm³/mol. The highest BCUT2D eigenvalue weighted by Gasteiger charge is 2.06. The molecule has 0 aliphatic heterocycles. The van der Waals surface area contributed by atoms with Crippen LogP contribution in [0, 0.1) is 0 Å². The molecule has 7 nitrogen and oxygen atoms in total. The topological polar surface area (TPSA) is 110 Å². The van der Waals surface area contributed by atoms with Crippen LogP contribution < -0.4 is 11.3 Å². The molecule has 0 atom stereocenters. The van der Waals surface area contributed by atoms with Gasteiger partial charge in [-0.3, -0.25) is 10.2 Å². The summed E-state index contributed by atoms with van der Waals surface area (Å²) in [6.07, 6.45) is 4.23. The van der Waals surface area contributed by atoms with Crippen molar-refractivity contribution < 1.29 is 4.79 Å². The zero-order valence-corrected chi connectivity index (χ0v) is 9.83. The number of imidazole rings is 1. The zero-order valence-electron chi connectivity index (χ0n) is 9.01. The summed E-state index contributed by atoms with van der Waals surface area (Å²) in [5.74, 6) is 5.62. The van der Waals surface area contributed by atoms with Crippen molar-refractivity contribution in [3.05, 3.63) is 12.7 Å². The van der Waals surface area contributed by atoms with Gasteiger partial charge >= 0.3 is 0 Å². The largest absolute Gasteiger partial charge is 0.341 e. The van der Waals surface area contributed by atoms with Crippen molar-refractivity contribution in [1.82, 2.24) is 25.4 Å². The molecule has 0 aromatic carbocycles. The molecule has 4 N–H and O–H groups in total. The van der Waals surface area contributed by atoms with E-state index in [0.29, 0.717) is 12.1 Å². The summed E-state index contributed by atoms with van der Waals surface area (Å²) in [4.78, 5) is 26.1. The van der Waals surface area contributed by atoms with Crippen LogP contribution in [0.25, 0.3) is 11.2 Å². The third kappa shape index (κ3) is 2.92. The van der Waals surface area contributed by atoms with E-state index in [-0.39, 0.29) is 5.91 Å². The van der Waals surface area contributed by atoms with E-state index < -0.39 is 0 Å². The van der Waals surface area contributed by atoms with Crippen molar-refractivity contribution >= 4 is 28.8 Å².